The van der Waals surface area contributed by atoms with Crippen LogP contribution in [0.3, 0.4) is 0 Å². The molecule has 2 aromatic heterocycles. The summed E-state index contributed by atoms with van der Waals surface area (Å²) in [6.45, 7) is 6.27. The van der Waals surface area contributed by atoms with Gasteiger partial charge in [0.05, 0.1) is 0 Å². The minimum Gasteiger partial charge on any atom is -0.351 e. The third-order valence-corrected chi connectivity index (χ3v) is 2.80. The van der Waals surface area contributed by atoms with Crippen molar-refractivity contribution in [2.45, 2.75) is 31.2 Å². The van der Waals surface area contributed by atoms with Gasteiger partial charge < -0.3 is 4.52 Å². The Kier molecular flexibility index (Phi) is 2.42. The van der Waals surface area contributed by atoms with E-state index in [2.05, 4.69) is 35.9 Å². The Morgan fingerprint density at radius 1 is 1.27 bits per heavy atom. The molecule has 0 saturated heterocycles. The second-order valence-corrected chi connectivity index (χ2v) is 5.14. The summed E-state index contributed by atoms with van der Waals surface area (Å²) in [6.07, 6.45) is 3.52. The second kappa shape index (κ2) is 3.48. The minimum absolute atomic E-state index is 0.0602. The number of nitrogens with zero attached hydrogens (tertiary/aromatic N) is 3. The van der Waals surface area contributed by atoms with Gasteiger partial charge >= 0.3 is 0 Å². The van der Waals surface area contributed by atoms with Gasteiger partial charge in [0, 0.05) is 5.41 Å². The highest BCUT2D eigenvalue weighted by molar-refractivity contribution is 7.98. The van der Waals surface area contributed by atoms with Crippen molar-refractivity contribution in [2.24, 2.45) is 0 Å². The van der Waals surface area contributed by atoms with Crippen molar-refractivity contribution in [1.29, 1.82) is 0 Å². The molecular weight excluding hydrogens is 210 g/mol. The lowest BCUT2D eigenvalue weighted by Crippen LogP contribution is -2.12. The molecule has 80 valence electrons. The van der Waals surface area contributed by atoms with Gasteiger partial charge in [0.15, 0.2) is 0 Å². The molecule has 0 aliphatic carbocycles. The summed E-state index contributed by atoms with van der Waals surface area (Å²) in [4.78, 5) is 8.37. The predicted molar refractivity (Wildman–Crippen MR) is 60.1 cm³/mol. The van der Waals surface area contributed by atoms with Crippen LogP contribution in [0.5, 0.6) is 0 Å². The fourth-order valence-electron chi connectivity index (χ4n) is 1.38. The van der Waals surface area contributed by atoms with E-state index in [0.29, 0.717) is 5.58 Å². The smallest absolute Gasteiger partial charge is 0.217 e. The number of hydrogen-bond donors (Lipinski definition) is 0. The van der Waals surface area contributed by atoms with E-state index in [1.54, 1.807) is 6.33 Å². The van der Waals surface area contributed by atoms with Crippen molar-refractivity contribution in [2.75, 3.05) is 6.26 Å². The highest BCUT2D eigenvalue weighted by Gasteiger charge is 2.24. The van der Waals surface area contributed by atoms with Crippen LogP contribution in [-0.4, -0.2) is 21.4 Å². The second-order valence-electron chi connectivity index (χ2n) is 4.34. The van der Waals surface area contributed by atoms with Gasteiger partial charge in [-0.25, -0.2) is 9.97 Å². The van der Waals surface area contributed by atoms with Gasteiger partial charge in [-0.15, -0.1) is 11.8 Å². The molecule has 0 radical (unpaired) electrons. The SMILES string of the molecule is CSc1ncnc2c(C(C)(C)C)noc12. The standard InChI is InChI=1S/C10H13N3OS/c1-10(2,3)8-6-7(14-13-8)9(15-4)12-5-11-6/h5H,1-4H3. The van der Waals surface area contributed by atoms with Crippen LogP contribution < -0.4 is 0 Å². The van der Waals surface area contributed by atoms with Crippen LogP contribution in [0.25, 0.3) is 11.1 Å². The lowest BCUT2D eigenvalue weighted by atomic mass is 9.91. The molecule has 0 fully saturated rings. The fourth-order valence-corrected chi connectivity index (χ4v) is 1.85. The lowest BCUT2D eigenvalue weighted by Gasteiger charge is -2.13. The topological polar surface area (TPSA) is 51.8 Å². The van der Waals surface area contributed by atoms with Crippen LogP contribution in [0.2, 0.25) is 0 Å². The van der Waals surface area contributed by atoms with E-state index >= 15 is 0 Å². The van der Waals surface area contributed by atoms with E-state index in [1.165, 1.54) is 11.8 Å². The van der Waals surface area contributed by atoms with Crippen LogP contribution in [0.4, 0.5) is 0 Å². The van der Waals surface area contributed by atoms with Crippen LogP contribution in [0.15, 0.2) is 15.9 Å². The van der Waals surface area contributed by atoms with Crippen LogP contribution in [0, 0.1) is 0 Å². The lowest BCUT2D eigenvalue weighted by molar-refractivity contribution is 0.415. The molecule has 5 heteroatoms. The molecule has 4 nitrogen and oxygen atoms in total. The van der Waals surface area contributed by atoms with E-state index in [0.717, 1.165) is 16.2 Å². The first-order valence-electron chi connectivity index (χ1n) is 4.69. The van der Waals surface area contributed by atoms with Crippen molar-refractivity contribution in [3.05, 3.63) is 12.0 Å². The Labute approximate surface area is 92.5 Å². The number of thioether (sulfide) groups is 1. The molecule has 0 aromatic carbocycles. The number of hydrogen-bond acceptors (Lipinski definition) is 5. The summed E-state index contributed by atoms with van der Waals surface area (Å²) in [6, 6.07) is 0. The summed E-state index contributed by atoms with van der Waals surface area (Å²) in [5.41, 5.74) is 2.34. The summed E-state index contributed by atoms with van der Waals surface area (Å²) in [5, 5.41) is 4.92. The maximum Gasteiger partial charge on any atom is 0.217 e. The maximum absolute atomic E-state index is 5.30. The molecule has 0 bridgehead atoms. The van der Waals surface area contributed by atoms with E-state index < -0.39 is 0 Å². The van der Waals surface area contributed by atoms with Gasteiger partial charge in [-0.05, 0) is 6.26 Å². The molecule has 0 unspecified atom stereocenters. The molecule has 0 aliphatic rings. The van der Waals surface area contributed by atoms with Gasteiger partial charge in [0.2, 0.25) is 5.58 Å². The first-order valence-corrected chi connectivity index (χ1v) is 5.91. The minimum atomic E-state index is -0.0602. The molecule has 0 spiro atoms. The monoisotopic (exact) mass is 223 g/mol. The number of fused-ring (bicyclic) bond motifs is 1. The Morgan fingerprint density at radius 2 is 2.00 bits per heavy atom. The molecule has 0 saturated carbocycles. The van der Waals surface area contributed by atoms with Gasteiger partial charge in [-0.2, -0.15) is 0 Å². The first-order chi connectivity index (χ1) is 7.04. The van der Waals surface area contributed by atoms with Crippen LogP contribution in [-0.2, 0) is 5.41 Å². The van der Waals surface area contributed by atoms with Gasteiger partial charge in [0.1, 0.15) is 22.6 Å². The summed E-state index contributed by atoms with van der Waals surface area (Å²) in [5.74, 6) is 0. The van der Waals surface area contributed by atoms with E-state index in [4.69, 9.17) is 4.52 Å². The average molecular weight is 223 g/mol. The fraction of sp³-hybridized carbons (Fsp3) is 0.500. The molecule has 0 aliphatic heterocycles. The normalized spacial score (nSPS) is 12.3. The Morgan fingerprint density at radius 3 is 2.60 bits per heavy atom. The summed E-state index contributed by atoms with van der Waals surface area (Å²) in [7, 11) is 0. The van der Waals surface area contributed by atoms with E-state index in [9.17, 15) is 0 Å². The molecule has 2 aromatic rings. The third-order valence-electron chi connectivity index (χ3n) is 2.13. The molecule has 0 amide bonds. The van der Waals surface area contributed by atoms with E-state index in [1.807, 2.05) is 6.26 Å². The highest BCUT2D eigenvalue weighted by atomic mass is 32.2. The first kappa shape index (κ1) is 10.4. The summed E-state index contributed by atoms with van der Waals surface area (Å²) >= 11 is 1.54. The van der Waals surface area contributed by atoms with Crippen molar-refractivity contribution in [1.82, 2.24) is 15.1 Å². The van der Waals surface area contributed by atoms with Gasteiger partial charge in [-0.1, -0.05) is 25.9 Å². The van der Waals surface area contributed by atoms with Crippen molar-refractivity contribution in [3.8, 4) is 0 Å². The Bertz CT molecular complexity index is 487. The largest absolute Gasteiger partial charge is 0.351 e. The molecule has 2 rings (SSSR count). The van der Waals surface area contributed by atoms with Crippen LogP contribution >= 0.6 is 11.8 Å². The quantitative estimate of drug-likeness (QED) is 0.549. The molecular formula is C10H13N3OS. The molecule has 2 heterocycles. The van der Waals surface area contributed by atoms with Crippen molar-refractivity contribution < 1.29 is 4.52 Å². The van der Waals surface area contributed by atoms with Crippen molar-refractivity contribution >= 4 is 22.9 Å². The third kappa shape index (κ3) is 1.71. The molecule has 0 atom stereocenters. The zero-order valence-electron chi connectivity index (χ0n) is 9.24. The van der Waals surface area contributed by atoms with Gasteiger partial charge in [0.25, 0.3) is 0 Å². The molecule has 15 heavy (non-hydrogen) atoms. The molecule has 0 N–H and O–H groups in total. The Hall–Kier alpha value is -1.10. The predicted octanol–water partition coefficient (Wildman–Crippen LogP) is 2.64. The zero-order valence-corrected chi connectivity index (χ0v) is 10.1. The zero-order chi connectivity index (χ0) is 11.1. The maximum atomic E-state index is 5.30. The van der Waals surface area contributed by atoms with Gasteiger partial charge in [-0.3, -0.25) is 0 Å². The average Bonchev–Trinajstić information content (AvgIpc) is 2.59. The number of rotatable bonds is 1. The number of aromatic nitrogens is 3. The van der Waals surface area contributed by atoms with Crippen LogP contribution in [0.1, 0.15) is 26.5 Å². The van der Waals surface area contributed by atoms with Crippen molar-refractivity contribution in [3.63, 3.8) is 0 Å². The summed E-state index contributed by atoms with van der Waals surface area (Å²) < 4.78 is 5.30. The Balaban J connectivity index is 2.72. The van der Waals surface area contributed by atoms with E-state index in [-0.39, 0.29) is 5.41 Å². The highest BCUT2D eigenvalue weighted by Crippen LogP contribution is 2.30.